The summed E-state index contributed by atoms with van der Waals surface area (Å²) in [6.45, 7) is 0.326. The van der Waals surface area contributed by atoms with Gasteiger partial charge in [-0.3, -0.25) is 0 Å². The van der Waals surface area contributed by atoms with Gasteiger partial charge in [0.15, 0.2) is 0 Å². The van der Waals surface area contributed by atoms with Gasteiger partial charge in [-0.2, -0.15) is 4.98 Å². The average molecular weight is 287 g/mol. The first-order valence-electron chi connectivity index (χ1n) is 6.42. The summed E-state index contributed by atoms with van der Waals surface area (Å²) in [5, 5.41) is 2.39. The number of ether oxygens (including phenoxy) is 1. The van der Waals surface area contributed by atoms with Crippen molar-refractivity contribution in [3.8, 4) is 11.1 Å². The van der Waals surface area contributed by atoms with Gasteiger partial charge in [-0.25, -0.2) is 9.78 Å². The number of carbonyl (C=O) groups excluding carboxylic acids is 1. The van der Waals surface area contributed by atoms with Crippen LogP contribution in [0.4, 0.5) is 16.6 Å². The van der Waals surface area contributed by atoms with Crippen molar-refractivity contribution in [3.05, 3.63) is 36.0 Å². The van der Waals surface area contributed by atoms with Crippen molar-refractivity contribution >= 4 is 17.9 Å². The van der Waals surface area contributed by atoms with Crippen molar-refractivity contribution in [2.45, 2.75) is 6.42 Å². The lowest BCUT2D eigenvalue weighted by molar-refractivity contribution is 0.150. The molecule has 7 nitrogen and oxygen atoms in total. The van der Waals surface area contributed by atoms with Crippen LogP contribution in [-0.4, -0.2) is 29.7 Å². The van der Waals surface area contributed by atoms with Gasteiger partial charge in [-0.05, 0) is 11.1 Å². The number of nitrogen functional groups attached to an aromatic ring is 2. The van der Waals surface area contributed by atoms with Crippen LogP contribution >= 0.6 is 0 Å². The molecule has 0 bridgehead atoms. The van der Waals surface area contributed by atoms with Crippen molar-refractivity contribution in [2.75, 3.05) is 25.1 Å². The van der Waals surface area contributed by atoms with Gasteiger partial charge in [0, 0.05) is 25.2 Å². The second-order valence-corrected chi connectivity index (χ2v) is 4.36. The number of anilines is 2. The lowest BCUT2D eigenvalue weighted by atomic mass is 10.0. The summed E-state index contributed by atoms with van der Waals surface area (Å²) in [4.78, 5) is 18.8. The summed E-state index contributed by atoms with van der Waals surface area (Å²) < 4.78 is 4.94. The summed E-state index contributed by atoms with van der Waals surface area (Å²) >= 11 is 0. The second kappa shape index (κ2) is 6.56. The van der Waals surface area contributed by atoms with Gasteiger partial charge in [-0.15, -0.1) is 0 Å². The van der Waals surface area contributed by atoms with Gasteiger partial charge in [0.25, 0.3) is 0 Å². The Labute approximate surface area is 122 Å². The van der Waals surface area contributed by atoms with Crippen LogP contribution in [0.25, 0.3) is 11.1 Å². The molecule has 0 fully saturated rings. The SMILES string of the molecule is CNC(=O)OCCc1ccc(-c2cnc(N)nc2N)cc1. The number of amides is 1. The number of nitrogens with one attached hydrogen (secondary N) is 1. The Bertz CT molecular complexity index is 628. The van der Waals surface area contributed by atoms with Gasteiger partial charge < -0.3 is 21.5 Å². The number of hydrogen-bond acceptors (Lipinski definition) is 6. The molecular weight excluding hydrogens is 270 g/mol. The minimum atomic E-state index is -0.432. The molecule has 0 atom stereocenters. The van der Waals surface area contributed by atoms with E-state index in [9.17, 15) is 4.79 Å². The summed E-state index contributed by atoms with van der Waals surface area (Å²) in [7, 11) is 1.52. The van der Waals surface area contributed by atoms with E-state index in [1.807, 2.05) is 24.3 Å². The Hall–Kier alpha value is -2.83. The number of aromatic nitrogens is 2. The maximum atomic E-state index is 10.9. The van der Waals surface area contributed by atoms with Crippen LogP contribution < -0.4 is 16.8 Å². The minimum absolute atomic E-state index is 0.152. The molecule has 0 saturated carbocycles. The van der Waals surface area contributed by atoms with E-state index in [-0.39, 0.29) is 5.95 Å². The zero-order valence-corrected chi connectivity index (χ0v) is 11.7. The highest BCUT2D eigenvalue weighted by Gasteiger charge is 2.06. The number of nitrogens with two attached hydrogens (primary N) is 2. The van der Waals surface area contributed by atoms with Crippen molar-refractivity contribution in [1.29, 1.82) is 0 Å². The first-order valence-corrected chi connectivity index (χ1v) is 6.42. The van der Waals surface area contributed by atoms with Crippen LogP contribution in [-0.2, 0) is 11.2 Å². The highest BCUT2D eigenvalue weighted by atomic mass is 16.5. The molecule has 1 aromatic heterocycles. The maximum Gasteiger partial charge on any atom is 0.406 e. The number of carbonyl (C=O) groups is 1. The van der Waals surface area contributed by atoms with Gasteiger partial charge in [0.1, 0.15) is 5.82 Å². The molecule has 0 radical (unpaired) electrons. The minimum Gasteiger partial charge on any atom is -0.449 e. The van der Waals surface area contributed by atoms with E-state index in [0.717, 1.165) is 16.7 Å². The fourth-order valence-corrected chi connectivity index (χ4v) is 1.82. The fraction of sp³-hybridized carbons (Fsp3) is 0.214. The molecule has 0 aliphatic rings. The Kier molecular flexibility index (Phi) is 4.55. The van der Waals surface area contributed by atoms with Crippen LogP contribution in [0, 0.1) is 0 Å². The highest BCUT2D eigenvalue weighted by molar-refractivity contribution is 5.73. The first-order chi connectivity index (χ1) is 10.1. The van der Waals surface area contributed by atoms with Crippen LogP contribution in [0.5, 0.6) is 0 Å². The van der Waals surface area contributed by atoms with Crippen LogP contribution in [0.3, 0.4) is 0 Å². The van der Waals surface area contributed by atoms with Gasteiger partial charge >= 0.3 is 6.09 Å². The quantitative estimate of drug-likeness (QED) is 0.778. The molecule has 0 aliphatic heterocycles. The van der Waals surface area contributed by atoms with E-state index in [1.54, 1.807) is 6.20 Å². The summed E-state index contributed by atoms with van der Waals surface area (Å²) in [6, 6.07) is 7.72. The molecule has 0 unspecified atom stereocenters. The molecule has 7 heteroatoms. The van der Waals surface area contributed by atoms with E-state index >= 15 is 0 Å². The van der Waals surface area contributed by atoms with E-state index in [4.69, 9.17) is 16.2 Å². The third kappa shape index (κ3) is 3.82. The number of nitrogens with zero attached hydrogens (tertiary/aromatic N) is 2. The molecule has 1 aromatic carbocycles. The zero-order valence-electron chi connectivity index (χ0n) is 11.7. The van der Waals surface area contributed by atoms with Gasteiger partial charge in [0.05, 0.1) is 6.61 Å². The van der Waals surface area contributed by atoms with Crippen molar-refractivity contribution in [1.82, 2.24) is 15.3 Å². The lowest BCUT2D eigenvalue weighted by Crippen LogP contribution is -2.20. The molecule has 5 N–H and O–H groups in total. The molecule has 1 amide bonds. The number of hydrogen-bond donors (Lipinski definition) is 3. The van der Waals surface area contributed by atoms with Crippen LogP contribution in [0.1, 0.15) is 5.56 Å². The Balaban J connectivity index is 2.03. The van der Waals surface area contributed by atoms with Crippen LogP contribution in [0.15, 0.2) is 30.5 Å². The smallest absolute Gasteiger partial charge is 0.406 e. The highest BCUT2D eigenvalue weighted by Crippen LogP contribution is 2.24. The Morgan fingerprint density at radius 3 is 2.62 bits per heavy atom. The Morgan fingerprint density at radius 1 is 1.29 bits per heavy atom. The predicted octanol–water partition coefficient (Wildman–Crippen LogP) is 1.21. The number of benzene rings is 1. The normalized spacial score (nSPS) is 10.1. The molecule has 1 heterocycles. The predicted molar refractivity (Wildman–Crippen MR) is 80.4 cm³/mol. The average Bonchev–Trinajstić information content (AvgIpc) is 2.48. The van der Waals surface area contributed by atoms with E-state index in [2.05, 4.69) is 15.3 Å². The molecule has 0 aliphatic carbocycles. The molecule has 21 heavy (non-hydrogen) atoms. The summed E-state index contributed by atoms with van der Waals surface area (Å²) in [6.07, 6.45) is 1.81. The first kappa shape index (κ1) is 14.6. The Morgan fingerprint density at radius 2 is 2.00 bits per heavy atom. The number of alkyl carbamates (subject to hydrolysis) is 1. The van der Waals surface area contributed by atoms with Crippen molar-refractivity contribution in [3.63, 3.8) is 0 Å². The monoisotopic (exact) mass is 287 g/mol. The second-order valence-electron chi connectivity index (χ2n) is 4.36. The number of rotatable bonds is 4. The van der Waals surface area contributed by atoms with Gasteiger partial charge in [-0.1, -0.05) is 24.3 Å². The third-order valence-corrected chi connectivity index (χ3v) is 2.93. The molecule has 0 spiro atoms. The maximum absolute atomic E-state index is 10.9. The van der Waals surface area contributed by atoms with E-state index in [0.29, 0.717) is 18.8 Å². The van der Waals surface area contributed by atoms with Gasteiger partial charge in [0.2, 0.25) is 5.95 Å². The standard InChI is InChI=1S/C14H17N5O2/c1-17-14(20)21-7-6-9-2-4-10(5-3-9)11-8-18-13(16)19-12(11)15/h2-5,8H,6-7H2,1H3,(H,17,20)(H4,15,16,18,19). The molecule has 2 aromatic rings. The lowest BCUT2D eigenvalue weighted by Gasteiger charge is -2.07. The summed E-state index contributed by atoms with van der Waals surface area (Å²) in [5.41, 5.74) is 14.0. The summed E-state index contributed by atoms with van der Waals surface area (Å²) in [5.74, 6) is 0.498. The molecule has 0 saturated heterocycles. The zero-order chi connectivity index (χ0) is 15.2. The van der Waals surface area contributed by atoms with Crippen LogP contribution in [0.2, 0.25) is 0 Å². The van der Waals surface area contributed by atoms with E-state index < -0.39 is 6.09 Å². The topological polar surface area (TPSA) is 116 Å². The molecule has 110 valence electrons. The largest absolute Gasteiger partial charge is 0.449 e. The fourth-order valence-electron chi connectivity index (χ4n) is 1.82. The van der Waals surface area contributed by atoms with Crippen molar-refractivity contribution in [2.24, 2.45) is 0 Å². The molecular formula is C14H17N5O2. The van der Waals surface area contributed by atoms with E-state index in [1.165, 1.54) is 7.05 Å². The molecule has 2 rings (SSSR count). The third-order valence-electron chi connectivity index (χ3n) is 2.93. The van der Waals surface area contributed by atoms with Crippen molar-refractivity contribution < 1.29 is 9.53 Å².